The van der Waals surface area contributed by atoms with Crippen LogP contribution in [0.3, 0.4) is 0 Å². The normalized spacial score (nSPS) is 11.8. The Morgan fingerprint density at radius 3 is 2.70 bits per heavy atom. The fraction of sp³-hybridized carbons (Fsp3) is 0.0625. The molecule has 0 spiro atoms. The molecule has 1 aromatic carbocycles. The van der Waals surface area contributed by atoms with Gasteiger partial charge in [0.05, 0.1) is 0 Å². The molecule has 5 aromatic rings. The van der Waals surface area contributed by atoms with Crippen molar-refractivity contribution in [2.45, 2.75) is 16.7 Å². The summed E-state index contributed by atoms with van der Waals surface area (Å²) in [6.07, 6.45) is -2.78. The third kappa shape index (κ3) is 2.81. The Kier molecular flexibility index (Phi) is 3.60. The van der Waals surface area contributed by atoms with Crippen molar-refractivity contribution < 1.29 is 17.6 Å². The maximum absolute atomic E-state index is 12.9. The fourth-order valence-electron chi connectivity index (χ4n) is 2.51. The second-order valence-electron chi connectivity index (χ2n) is 5.42. The van der Waals surface area contributed by atoms with Crippen LogP contribution < -0.4 is 0 Å². The lowest BCUT2D eigenvalue weighted by molar-refractivity contribution is 0.137. The summed E-state index contributed by atoms with van der Waals surface area (Å²) in [4.78, 5) is 0. The molecular weight excluding hydrogens is 378 g/mol. The van der Waals surface area contributed by atoms with E-state index in [9.17, 15) is 8.78 Å². The van der Waals surface area contributed by atoms with Crippen LogP contribution in [0.4, 0.5) is 8.78 Å². The van der Waals surface area contributed by atoms with Crippen molar-refractivity contribution in [3.8, 4) is 11.7 Å². The van der Waals surface area contributed by atoms with Crippen molar-refractivity contribution in [1.82, 2.24) is 30.0 Å². The number of para-hydroxylation sites is 1. The van der Waals surface area contributed by atoms with Gasteiger partial charge in [-0.3, -0.25) is 0 Å². The molecule has 0 aliphatic rings. The Balaban J connectivity index is 1.45. The highest BCUT2D eigenvalue weighted by Crippen LogP contribution is 2.31. The molecule has 0 saturated heterocycles. The summed E-state index contributed by atoms with van der Waals surface area (Å²) in [5.74, 6) is 0.131. The number of rotatable bonds is 4. The Morgan fingerprint density at radius 2 is 1.85 bits per heavy atom. The Morgan fingerprint density at radius 1 is 0.963 bits per heavy atom. The van der Waals surface area contributed by atoms with Crippen LogP contribution in [0.25, 0.3) is 28.3 Å². The highest BCUT2D eigenvalue weighted by Gasteiger charge is 2.19. The van der Waals surface area contributed by atoms with Gasteiger partial charge in [-0.05, 0) is 36.0 Å². The van der Waals surface area contributed by atoms with Crippen molar-refractivity contribution >= 4 is 28.4 Å². The lowest BCUT2D eigenvalue weighted by Crippen LogP contribution is -2.00. The fourth-order valence-corrected chi connectivity index (χ4v) is 3.15. The molecule has 0 amide bonds. The minimum atomic E-state index is -2.78. The molecule has 4 heterocycles. The van der Waals surface area contributed by atoms with E-state index >= 15 is 0 Å². The van der Waals surface area contributed by atoms with Crippen molar-refractivity contribution in [2.75, 3.05) is 0 Å². The third-order valence-electron chi connectivity index (χ3n) is 3.69. The Hall–Kier alpha value is -3.34. The third-order valence-corrected chi connectivity index (χ3v) is 4.46. The molecule has 0 radical (unpaired) electrons. The Bertz CT molecular complexity index is 1230. The van der Waals surface area contributed by atoms with E-state index in [1.807, 2.05) is 24.3 Å². The molecule has 134 valence electrons. The van der Waals surface area contributed by atoms with Crippen LogP contribution in [0.5, 0.6) is 0 Å². The van der Waals surface area contributed by atoms with E-state index in [1.165, 1.54) is 6.07 Å². The first-order valence-electron chi connectivity index (χ1n) is 7.68. The summed E-state index contributed by atoms with van der Waals surface area (Å²) in [6, 6.07) is 12.5. The average Bonchev–Trinajstić information content (AvgIpc) is 3.38. The molecule has 0 fully saturated rings. The molecule has 0 unspecified atom stereocenters. The van der Waals surface area contributed by atoms with Gasteiger partial charge < -0.3 is 8.83 Å². The van der Waals surface area contributed by atoms with Crippen LogP contribution in [-0.2, 0) is 0 Å². The van der Waals surface area contributed by atoms with E-state index in [0.29, 0.717) is 16.4 Å². The monoisotopic (exact) mass is 386 g/mol. The summed E-state index contributed by atoms with van der Waals surface area (Å²) in [6.45, 7) is 0. The van der Waals surface area contributed by atoms with Crippen LogP contribution >= 0.6 is 11.8 Å². The SMILES string of the molecule is FC(F)c1nnc2ccc(Sc3nnc(-c4cc5ccccc5o4)o3)nn12. The summed E-state index contributed by atoms with van der Waals surface area (Å²) >= 11 is 1.03. The lowest BCUT2D eigenvalue weighted by atomic mass is 10.2. The predicted octanol–water partition coefficient (Wildman–Crippen LogP) is 4.01. The number of benzene rings is 1. The van der Waals surface area contributed by atoms with Gasteiger partial charge in [-0.2, -0.15) is 9.61 Å². The van der Waals surface area contributed by atoms with E-state index in [0.717, 1.165) is 21.7 Å². The van der Waals surface area contributed by atoms with E-state index in [2.05, 4.69) is 25.5 Å². The average molecular weight is 386 g/mol. The van der Waals surface area contributed by atoms with E-state index in [1.54, 1.807) is 12.1 Å². The van der Waals surface area contributed by atoms with Crippen molar-refractivity contribution in [1.29, 1.82) is 0 Å². The topological polar surface area (TPSA) is 95.1 Å². The first-order chi connectivity index (χ1) is 13.2. The van der Waals surface area contributed by atoms with E-state index < -0.39 is 12.2 Å². The molecule has 5 rings (SSSR count). The minimum Gasteiger partial charge on any atom is -0.451 e. The maximum atomic E-state index is 12.9. The van der Waals surface area contributed by atoms with Gasteiger partial charge in [0.15, 0.2) is 11.4 Å². The summed E-state index contributed by atoms with van der Waals surface area (Å²) in [5, 5.41) is 20.6. The lowest BCUT2D eigenvalue weighted by Gasteiger charge is -1.99. The molecule has 0 saturated carbocycles. The second kappa shape index (κ2) is 6.13. The quantitative estimate of drug-likeness (QED) is 0.457. The van der Waals surface area contributed by atoms with Crippen LogP contribution in [-0.4, -0.2) is 30.0 Å². The zero-order valence-electron chi connectivity index (χ0n) is 13.3. The van der Waals surface area contributed by atoms with Gasteiger partial charge in [-0.1, -0.05) is 18.2 Å². The van der Waals surface area contributed by atoms with Gasteiger partial charge in [-0.15, -0.1) is 20.4 Å². The van der Waals surface area contributed by atoms with Gasteiger partial charge >= 0.3 is 0 Å². The predicted molar refractivity (Wildman–Crippen MR) is 89.4 cm³/mol. The van der Waals surface area contributed by atoms with Crippen molar-refractivity contribution in [3.05, 3.63) is 48.3 Å². The number of hydrogen-bond acceptors (Lipinski definition) is 8. The van der Waals surface area contributed by atoms with Gasteiger partial charge in [0, 0.05) is 5.39 Å². The highest BCUT2D eigenvalue weighted by molar-refractivity contribution is 7.99. The number of hydrogen-bond donors (Lipinski definition) is 0. The van der Waals surface area contributed by atoms with Gasteiger partial charge in [-0.25, -0.2) is 8.78 Å². The largest absolute Gasteiger partial charge is 0.451 e. The zero-order chi connectivity index (χ0) is 18.4. The standard InChI is InChI=1S/C16H8F2N6O2S/c17-13(18)14-20-19-11-5-6-12(23-24(11)14)27-16-22-21-15(26-16)10-7-8-3-1-2-4-9(8)25-10/h1-7,13H. The van der Waals surface area contributed by atoms with Crippen LogP contribution in [0, 0.1) is 0 Å². The van der Waals surface area contributed by atoms with Crippen LogP contribution in [0.1, 0.15) is 12.2 Å². The highest BCUT2D eigenvalue weighted by atomic mass is 32.2. The molecule has 4 aromatic heterocycles. The molecule has 27 heavy (non-hydrogen) atoms. The number of fused-ring (bicyclic) bond motifs is 2. The summed E-state index contributed by atoms with van der Waals surface area (Å²) < 4.78 is 38.2. The van der Waals surface area contributed by atoms with Crippen molar-refractivity contribution in [3.63, 3.8) is 0 Å². The number of aromatic nitrogens is 6. The minimum absolute atomic E-state index is 0.198. The molecule has 0 bridgehead atoms. The second-order valence-corrected chi connectivity index (χ2v) is 6.40. The summed E-state index contributed by atoms with van der Waals surface area (Å²) in [7, 11) is 0. The van der Waals surface area contributed by atoms with E-state index in [-0.39, 0.29) is 16.8 Å². The van der Waals surface area contributed by atoms with Crippen molar-refractivity contribution in [2.24, 2.45) is 0 Å². The van der Waals surface area contributed by atoms with Crippen LogP contribution in [0.15, 0.2) is 61.5 Å². The number of alkyl halides is 2. The molecule has 0 aliphatic heterocycles. The first kappa shape index (κ1) is 15.9. The van der Waals surface area contributed by atoms with Gasteiger partial charge in [0.1, 0.15) is 10.6 Å². The molecule has 11 heteroatoms. The maximum Gasteiger partial charge on any atom is 0.299 e. The number of furan rings is 1. The smallest absolute Gasteiger partial charge is 0.299 e. The Labute approximate surface area is 153 Å². The van der Waals surface area contributed by atoms with Gasteiger partial charge in [0.25, 0.3) is 17.5 Å². The van der Waals surface area contributed by atoms with Gasteiger partial charge in [0.2, 0.25) is 5.82 Å². The summed E-state index contributed by atoms with van der Waals surface area (Å²) in [5.41, 5.74) is 0.933. The molecule has 0 N–H and O–H groups in total. The molecule has 0 aliphatic carbocycles. The number of halogens is 2. The molecule has 0 atom stereocenters. The zero-order valence-corrected chi connectivity index (χ0v) is 14.1. The number of nitrogens with zero attached hydrogens (tertiary/aromatic N) is 6. The molecular formula is C16H8F2N6O2S. The first-order valence-corrected chi connectivity index (χ1v) is 8.50. The van der Waals surface area contributed by atoms with E-state index in [4.69, 9.17) is 8.83 Å². The van der Waals surface area contributed by atoms with Crippen LogP contribution in [0.2, 0.25) is 0 Å². The molecule has 8 nitrogen and oxygen atoms in total.